The van der Waals surface area contributed by atoms with Gasteiger partial charge in [0.2, 0.25) is 4.96 Å². The van der Waals surface area contributed by atoms with Crippen LogP contribution in [0.3, 0.4) is 0 Å². The maximum atomic E-state index is 12.9. The van der Waals surface area contributed by atoms with Crippen molar-refractivity contribution >= 4 is 22.4 Å². The van der Waals surface area contributed by atoms with Crippen molar-refractivity contribution in [2.24, 2.45) is 0 Å². The number of unbranched alkanes of at least 4 members (excludes halogenated alkanes) is 4. The van der Waals surface area contributed by atoms with Crippen LogP contribution in [0.5, 0.6) is 11.5 Å². The lowest BCUT2D eigenvalue weighted by Crippen LogP contribution is -2.23. The Bertz CT molecular complexity index is 1290. The third kappa shape index (κ3) is 6.03. The number of rotatable bonds is 12. The Morgan fingerprint density at radius 1 is 0.853 bits per heavy atom. The van der Waals surface area contributed by atoms with Crippen LogP contribution in [0.2, 0.25) is 0 Å². The molecule has 6 nitrogen and oxygen atoms in total. The minimum absolute atomic E-state index is 0.158. The normalized spacial score (nSPS) is 11.9. The molecule has 178 valence electrons. The molecule has 0 saturated carbocycles. The smallest absolute Gasteiger partial charge is 0.291 e. The van der Waals surface area contributed by atoms with Crippen molar-refractivity contribution in [3.05, 3.63) is 69.0 Å². The van der Waals surface area contributed by atoms with Crippen molar-refractivity contribution in [1.29, 1.82) is 0 Å². The van der Waals surface area contributed by atoms with Crippen LogP contribution in [0, 0.1) is 0 Å². The third-order valence-corrected chi connectivity index (χ3v) is 6.46. The lowest BCUT2D eigenvalue weighted by Gasteiger charge is -2.06. The largest absolute Gasteiger partial charge is 0.494 e. The minimum Gasteiger partial charge on any atom is -0.494 e. The monoisotopic (exact) mass is 477 g/mol. The van der Waals surface area contributed by atoms with Crippen molar-refractivity contribution in [2.45, 2.75) is 52.4 Å². The number of thiazole rings is 1. The number of nitrogens with zero attached hydrogens (tertiary/aromatic N) is 3. The van der Waals surface area contributed by atoms with Gasteiger partial charge in [-0.15, -0.1) is 5.10 Å². The summed E-state index contributed by atoms with van der Waals surface area (Å²) in [6, 6.07) is 15.5. The van der Waals surface area contributed by atoms with Gasteiger partial charge < -0.3 is 9.47 Å². The predicted molar refractivity (Wildman–Crippen MR) is 138 cm³/mol. The second-order valence-electron chi connectivity index (χ2n) is 8.25. The molecule has 4 aromatic rings. The highest BCUT2D eigenvalue weighted by atomic mass is 32.1. The lowest BCUT2D eigenvalue weighted by molar-refractivity contribution is 0.305. The van der Waals surface area contributed by atoms with E-state index in [2.05, 4.69) is 23.9 Å². The molecule has 0 aliphatic heterocycles. The van der Waals surface area contributed by atoms with Crippen molar-refractivity contribution in [3.63, 3.8) is 0 Å². The van der Waals surface area contributed by atoms with Gasteiger partial charge in [-0.1, -0.05) is 63.0 Å². The molecule has 34 heavy (non-hydrogen) atoms. The molecule has 0 atom stereocenters. The van der Waals surface area contributed by atoms with Gasteiger partial charge in [0.15, 0.2) is 5.82 Å². The molecule has 0 amide bonds. The van der Waals surface area contributed by atoms with Gasteiger partial charge >= 0.3 is 0 Å². The predicted octanol–water partition coefficient (Wildman–Crippen LogP) is 5.50. The van der Waals surface area contributed by atoms with E-state index in [-0.39, 0.29) is 5.56 Å². The number of benzene rings is 2. The average Bonchev–Trinajstić information content (AvgIpc) is 3.40. The topological polar surface area (TPSA) is 65.7 Å². The summed E-state index contributed by atoms with van der Waals surface area (Å²) in [6.07, 6.45) is 8.73. The van der Waals surface area contributed by atoms with Crippen molar-refractivity contribution in [3.8, 4) is 22.9 Å². The zero-order valence-corrected chi connectivity index (χ0v) is 20.6. The van der Waals surface area contributed by atoms with E-state index in [1.54, 1.807) is 0 Å². The number of aromatic nitrogens is 3. The first-order chi connectivity index (χ1) is 16.7. The van der Waals surface area contributed by atoms with Gasteiger partial charge in [0, 0.05) is 5.56 Å². The maximum Gasteiger partial charge on any atom is 0.291 e. The first kappa shape index (κ1) is 24.0. The van der Waals surface area contributed by atoms with E-state index in [4.69, 9.17) is 9.47 Å². The quantitative estimate of drug-likeness (QED) is 0.252. The van der Waals surface area contributed by atoms with Crippen LogP contribution in [0.15, 0.2) is 53.3 Å². The molecule has 4 rings (SSSR count). The summed E-state index contributed by atoms with van der Waals surface area (Å²) in [4.78, 5) is 18.0. The van der Waals surface area contributed by atoms with Crippen LogP contribution >= 0.6 is 11.3 Å². The summed E-state index contributed by atoms with van der Waals surface area (Å²) in [5.74, 6) is 2.22. The Morgan fingerprint density at radius 3 is 2.15 bits per heavy atom. The molecule has 0 saturated heterocycles. The Balaban J connectivity index is 1.44. The third-order valence-electron chi connectivity index (χ3n) is 5.51. The van der Waals surface area contributed by atoms with Crippen LogP contribution in [-0.4, -0.2) is 27.8 Å². The fraction of sp³-hybridized carbons (Fsp3) is 0.370. The molecular formula is C27H31N3O3S. The first-order valence-corrected chi connectivity index (χ1v) is 12.9. The summed E-state index contributed by atoms with van der Waals surface area (Å²) >= 11 is 1.34. The fourth-order valence-electron chi connectivity index (χ4n) is 3.52. The summed E-state index contributed by atoms with van der Waals surface area (Å²) in [5.41, 5.74) is 1.64. The molecule has 0 aliphatic rings. The van der Waals surface area contributed by atoms with Crippen molar-refractivity contribution in [2.75, 3.05) is 13.2 Å². The molecule has 2 aromatic heterocycles. The molecule has 0 fully saturated rings. The van der Waals surface area contributed by atoms with Crippen LogP contribution in [0.1, 0.15) is 57.9 Å². The molecule has 0 N–H and O–H groups in total. The van der Waals surface area contributed by atoms with E-state index in [1.165, 1.54) is 35.1 Å². The number of ether oxygens (including phenoxy) is 2. The number of hydrogen-bond acceptors (Lipinski definition) is 6. The zero-order chi connectivity index (χ0) is 23.8. The van der Waals surface area contributed by atoms with Gasteiger partial charge in [-0.05, 0) is 60.9 Å². The van der Waals surface area contributed by atoms with E-state index in [0.717, 1.165) is 55.1 Å². The van der Waals surface area contributed by atoms with Crippen LogP contribution in [-0.2, 0) is 0 Å². The molecule has 7 heteroatoms. The van der Waals surface area contributed by atoms with Gasteiger partial charge in [0.05, 0.1) is 17.7 Å². The van der Waals surface area contributed by atoms with Crippen molar-refractivity contribution in [1.82, 2.24) is 14.6 Å². The summed E-state index contributed by atoms with van der Waals surface area (Å²) in [6.45, 7) is 5.78. The first-order valence-electron chi connectivity index (χ1n) is 12.1. The molecular weight excluding hydrogens is 446 g/mol. The van der Waals surface area contributed by atoms with E-state index in [0.29, 0.717) is 15.3 Å². The molecule has 0 aliphatic carbocycles. The highest BCUT2D eigenvalue weighted by molar-refractivity contribution is 7.15. The molecule has 2 heterocycles. The molecule has 0 spiro atoms. The maximum absolute atomic E-state index is 12.9. The van der Waals surface area contributed by atoms with Crippen LogP contribution in [0.25, 0.3) is 22.4 Å². The molecule has 0 radical (unpaired) electrons. The minimum atomic E-state index is -0.158. The lowest BCUT2D eigenvalue weighted by atomic mass is 10.2. The van der Waals surface area contributed by atoms with E-state index in [9.17, 15) is 4.79 Å². The number of fused-ring (bicyclic) bond motifs is 1. The Morgan fingerprint density at radius 2 is 1.50 bits per heavy atom. The van der Waals surface area contributed by atoms with Crippen LogP contribution < -0.4 is 19.6 Å². The summed E-state index contributed by atoms with van der Waals surface area (Å²) in [7, 11) is 0. The van der Waals surface area contributed by atoms with E-state index in [1.807, 2.05) is 54.6 Å². The van der Waals surface area contributed by atoms with E-state index < -0.39 is 0 Å². The standard InChI is InChI=1S/C27H31N3O3S/c1-3-5-7-8-18-33-23-15-11-21(12-16-23)25-28-27-30(29-25)26(31)24(34-27)19-20-9-13-22(14-10-20)32-17-6-4-2/h9-16,19H,3-8,17-18H2,1-2H3/b24-19+. The van der Waals surface area contributed by atoms with E-state index >= 15 is 0 Å². The molecule has 0 bridgehead atoms. The van der Waals surface area contributed by atoms with Gasteiger partial charge in [-0.25, -0.2) is 0 Å². The summed E-state index contributed by atoms with van der Waals surface area (Å²) < 4.78 is 13.5. The zero-order valence-electron chi connectivity index (χ0n) is 19.8. The van der Waals surface area contributed by atoms with Gasteiger partial charge in [0.25, 0.3) is 5.56 Å². The van der Waals surface area contributed by atoms with Gasteiger partial charge in [-0.3, -0.25) is 4.79 Å². The highest BCUT2D eigenvalue weighted by Crippen LogP contribution is 2.21. The van der Waals surface area contributed by atoms with Crippen LogP contribution in [0.4, 0.5) is 0 Å². The SMILES string of the molecule is CCCCCCOc1ccc(-c2nc3s/c(=C/c4ccc(OCCCC)cc4)c(=O)n3n2)cc1. The Kier molecular flexibility index (Phi) is 8.31. The van der Waals surface area contributed by atoms with Gasteiger partial charge in [0.1, 0.15) is 11.5 Å². The second kappa shape index (κ2) is 11.8. The van der Waals surface area contributed by atoms with Gasteiger partial charge in [-0.2, -0.15) is 9.50 Å². The second-order valence-corrected chi connectivity index (χ2v) is 9.26. The Hall–Kier alpha value is -3.19. The van der Waals surface area contributed by atoms with Crippen molar-refractivity contribution < 1.29 is 9.47 Å². The number of hydrogen-bond donors (Lipinski definition) is 0. The fourth-order valence-corrected chi connectivity index (χ4v) is 4.43. The summed E-state index contributed by atoms with van der Waals surface area (Å²) in [5, 5.41) is 4.45. The molecule has 0 unspecified atom stereocenters. The average molecular weight is 478 g/mol. The molecule has 2 aromatic carbocycles. The highest BCUT2D eigenvalue weighted by Gasteiger charge is 2.12. The Labute approximate surface area is 203 Å².